The maximum Gasteiger partial charge on any atom is 0.311 e. The highest BCUT2D eigenvalue weighted by Gasteiger charge is 2.19. The van der Waals surface area contributed by atoms with Crippen LogP contribution >= 0.6 is 22.7 Å². The van der Waals surface area contributed by atoms with E-state index in [4.69, 9.17) is 4.74 Å². The van der Waals surface area contributed by atoms with Gasteiger partial charge in [-0.25, -0.2) is 0 Å². The van der Waals surface area contributed by atoms with Crippen molar-refractivity contribution in [2.75, 3.05) is 11.5 Å². The summed E-state index contributed by atoms with van der Waals surface area (Å²) in [7, 11) is 0. The standard InChI is InChI=1S/C31H27NO3S2/c1-4-35-29(34)18-26-17-27-28(19-33)37-30(31(27)36-26)22-9-15-25(16-10-22)32(23-11-5-20(2)6-12-23)24-13-7-21(3)8-14-24/h5-17,19H,4,18H2,1-3H3. The second-order valence-electron chi connectivity index (χ2n) is 8.90. The maximum absolute atomic E-state index is 12.0. The number of ether oxygens (including phenoxy) is 1. The summed E-state index contributed by atoms with van der Waals surface area (Å²) in [4.78, 5) is 28.7. The van der Waals surface area contributed by atoms with Crippen molar-refractivity contribution < 1.29 is 14.3 Å². The number of benzene rings is 3. The Bertz CT molecular complexity index is 1500. The summed E-state index contributed by atoms with van der Waals surface area (Å²) in [5, 5.41) is 0.907. The van der Waals surface area contributed by atoms with E-state index in [1.807, 2.05) is 6.07 Å². The second-order valence-corrected chi connectivity index (χ2v) is 11.1. The lowest BCUT2D eigenvalue weighted by molar-refractivity contribution is -0.142. The van der Waals surface area contributed by atoms with Crippen LogP contribution in [-0.4, -0.2) is 18.9 Å². The van der Waals surface area contributed by atoms with E-state index in [0.717, 1.165) is 48.8 Å². The highest BCUT2D eigenvalue weighted by molar-refractivity contribution is 7.27. The van der Waals surface area contributed by atoms with Crippen LogP contribution in [0.15, 0.2) is 78.9 Å². The molecular weight excluding hydrogens is 498 g/mol. The maximum atomic E-state index is 12.0. The van der Waals surface area contributed by atoms with Crippen molar-refractivity contribution in [1.82, 2.24) is 0 Å². The minimum Gasteiger partial charge on any atom is -0.466 e. The Hall–Kier alpha value is -3.74. The predicted molar refractivity (Wildman–Crippen MR) is 155 cm³/mol. The number of aryl methyl sites for hydroxylation is 2. The van der Waals surface area contributed by atoms with Gasteiger partial charge in [-0.15, -0.1) is 22.7 Å². The Morgan fingerprint density at radius 3 is 1.89 bits per heavy atom. The molecule has 0 amide bonds. The van der Waals surface area contributed by atoms with Gasteiger partial charge in [0.05, 0.1) is 27.5 Å². The molecule has 0 atom stereocenters. The third-order valence-corrected chi connectivity index (χ3v) is 8.63. The van der Waals surface area contributed by atoms with E-state index in [-0.39, 0.29) is 12.4 Å². The van der Waals surface area contributed by atoms with Crippen molar-refractivity contribution in [1.29, 1.82) is 0 Å². The van der Waals surface area contributed by atoms with Gasteiger partial charge in [0.25, 0.3) is 0 Å². The molecule has 0 saturated carbocycles. The molecule has 3 aromatic carbocycles. The van der Waals surface area contributed by atoms with Crippen molar-refractivity contribution in [2.45, 2.75) is 27.2 Å². The fraction of sp³-hybridized carbons (Fsp3) is 0.161. The largest absolute Gasteiger partial charge is 0.466 e. The minimum absolute atomic E-state index is 0.219. The van der Waals surface area contributed by atoms with Crippen LogP contribution < -0.4 is 4.90 Å². The Balaban J connectivity index is 1.53. The number of anilines is 3. The third-order valence-electron chi connectivity index (χ3n) is 6.17. The van der Waals surface area contributed by atoms with Crippen LogP contribution in [0.4, 0.5) is 17.1 Å². The quantitative estimate of drug-likeness (QED) is 0.150. The van der Waals surface area contributed by atoms with Gasteiger partial charge in [-0.2, -0.15) is 0 Å². The average molecular weight is 526 g/mol. The molecule has 0 aliphatic heterocycles. The molecule has 0 radical (unpaired) electrons. The smallest absolute Gasteiger partial charge is 0.311 e. The average Bonchev–Trinajstić information content (AvgIpc) is 3.45. The summed E-state index contributed by atoms with van der Waals surface area (Å²) < 4.78 is 6.14. The molecular formula is C31H27NO3S2. The first-order valence-electron chi connectivity index (χ1n) is 12.2. The predicted octanol–water partition coefficient (Wildman–Crippen LogP) is 8.63. The fourth-order valence-corrected chi connectivity index (χ4v) is 6.75. The monoisotopic (exact) mass is 525 g/mol. The molecule has 0 bridgehead atoms. The SMILES string of the molecule is CCOC(=O)Cc1cc2c(C=O)sc(-c3ccc(N(c4ccc(C)cc4)c4ccc(C)cc4)cc3)c2s1. The van der Waals surface area contributed by atoms with Gasteiger partial charge < -0.3 is 9.64 Å². The van der Waals surface area contributed by atoms with Gasteiger partial charge >= 0.3 is 5.97 Å². The van der Waals surface area contributed by atoms with E-state index >= 15 is 0 Å². The number of carbonyl (C=O) groups is 2. The summed E-state index contributed by atoms with van der Waals surface area (Å²) in [6, 6.07) is 27.4. The number of carbonyl (C=O) groups excluding carboxylic acids is 2. The number of hydrogen-bond donors (Lipinski definition) is 0. The molecule has 6 heteroatoms. The Labute approximate surface area is 224 Å². The van der Waals surface area contributed by atoms with Crippen LogP contribution in [0.2, 0.25) is 0 Å². The molecule has 0 saturated heterocycles. The molecule has 2 heterocycles. The molecule has 0 fully saturated rings. The summed E-state index contributed by atoms with van der Waals surface area (Å²) in [6.07, 6.45) is 1.12. The zero-order valence-electron chi connectivity index (χ0n) is 21.0. The number of hydrogen-bond acceptors (Lipinski definition) is 6. The van der Waals surface area contributed by atoms with E-state index in [0.29, 0.717) is 11.5 Å². The van der Waals surface area contributed by atoms with Crippen LogP contribution in [0, 0.1) is 13.8 Å². The Morgan fingerprint density at radius 2 is 1.38 bits per heavy atom. The van der Waals surface area contributed by atoms with Crippen molar-refractivity contribution in [3.05, 3.63) is 99.7 Å². The number of nitrogens with zero attached hydrogens (tertiary/aromatic N) is 1. The number of thiophene rings is 2. The topological polar surface area (TPSA) is 46.6 Å². The molecule has 0 aliphatic rings. The van der Waals surface area contributed by atoms with Gasteiger partial charge in [0.15, 0.2) is 6.29 Å². The van der Waals surface area contributed by atoms with E-state index < -0.39 is 0 Å². The molecule has 37 heavy (non-hydrogen) atoms. The second kappa shape index (κ2) is 10.7. The van der Waals surface area contributed by atoms with Crippen molar-refractivity contribution in [3.63, 3.8) is 0 Å². The molecule has 5 rings (SSSR count). The zero-order valence-corrected chi connectivity index (χ0v) is 22.6. The first-order valence-corrected chi connectivity index (χ1v) is 13.8. The lowest BCUT2D eigenvalue weighted by Crippen LogP contribution is -2.09. The van der Waals surface area contributed by atoms with Gasteiger partial charge in [-0.3, -0.25) is 9.59 Å². The molecule has 0 N–H and O–H groups in total. The first-order chi connectivity index (χ1) is 18.0. The number of esters is 1. The third kappa shape index (κ3) is 5.22. The summed E-state index contributed by atoms with van der Waals surface area (Å²) in [5.74, 6) is -0.249. The summed E-state index contributed by atoms with van der Waals surface area (Å²) >= 11 is 3.05. The van der Waals surface area contributed by atoms with Crippen molar-refractivity contribution >= 4 is 62.1 Å². The van der Waals surface area contributed by atoms with Crippen LogP contribution in [0.25, 0.3) is 20.5 Å². The number of rotatable bonds is 8. The number of aldehydes is 1. The normalized spacial score (nSPS) is 11.0. The molecule has 186 valence electrons. The number of fused-ring (bicyclic) bond motifs is 1. The minimum atomic E-state index is -0.249. The van der Waals surface area contributed by atoms with Gasteiger partial charge in [0.2, 0.25) is 0 Å². The van der Waals surface area contributed by atoms with E-state index in [1.54, 1.807) is 18.3 Å². The van der Waals surface area contributed by atoms with Crippen LogP contribution in [0.3, 0.4) is 0 Å². The first kappa shape index (κ1) is 24.9. The van der Waals surface area contributed by atoms with Crippen LogP contribution in [0.5, 0.6) is 0 Å². The molecule has 5 aromatic rings. The van der Waals surface area contributed by atoms with Crippen molar-refractivity contribution in [2.24, 2.45) is 0 Å². The highest BCUT2D eigenvalue weighted by Crippen LogP contribution is 2.44. The molecule has 0 unspecified atom stereocenters. The van der Waals surface area contributed by atoms with Gasteiger partial charge in [0, 0.05) is 27.3 Å². The van der Waals surface area contributed by atoms with E-state index in [2.05, 4.69) is 91.5 Å². The molecule has 2 aromatic heterocycles. The van der Waals surface area contributed by atoms with Gasteiger partial charge in [0.1, 0.15) is 0 Å². The molecule has 0 spiro atoms. The summed E-state index contributed by atoms with van der Waals surface area (Å²) in [6.45, 7) is 6.34. The van der Waals surface area contributed by atoms with Crippen LogP contribution in [0.1, 0.15) is 32.6 Å². The fourth-order valence-electron chi connectivity index (χ4n) is 4.32. The van der Waals surface area contributed by atoms with Crippen LogP contribution in [-0.2, 0) is 16.0 Å². The lowest BCUT2D eigenvalue weighted by Gasteiger charge is -2.26. The highest BCUT2D eigenvalue weighted by atomic mass is 32.1. The molecule has 0 aliphatic carbocycles. The van der Waals surface area contributed by atoms with Crippen molar-refractivity contribution in [3.8, 4) is 10.4 Å². The van der Waals surface area contributed by atoms with Gasteiger partial charge in [-0.05, 0) is 68.8 Å². The Morgan fingerprint density at radius 1 is 0.838 bits per heavy atom. The lowest BCUT2D eigenvalue weighted by atomic mass is 10.1. The molecule has 4 nitrogen and oxygen atoms in total. The van der Waals surface area contributed by atoms with Gasteiger partial charge in [-0.1, -0.05) is 47.5 Å². The van der Waals surface area contributed by atoms with E-state index in [9.17, 15) is 9.59 Å². The van der Waals surface area contributed by atoms with E-state index in [1.165, 1.54) is 22.5 Å². The zero-order chi connectivity index (χ0) is 25.9. The summed E-state index contributed by atoms with van der Waals surface area (Å²) in [5.41, 5.74) is 6.71. The Kier molecular flexibility index (Phi) is 7.22.